The summed E-state index contributed by atoms with van der Waals surface area (Å²) in [4.78, 5) is 24.0. The van der Waals surface area contributed by atoms with Gasteiger partial charge < -0.3 is 10.1 Å². The van der Waals surface area contributed by atoms with Gasteiger partial charge in [-0.1, -0.05) is 42.8 Å². The number of halogens is 1. The highest BCUT2D eigenvalue weighted by atomic mass is 35.5. The highest BCUT2D eigenvalue weighted by molar-refractivity contribution is 7.92. The predicted molar refractivity (Wildman–Crippen MR) is 121 cm³/mol. The Labute approximate surface area is 187 Å². The van der Waals surface area contributed by atoms with E-state index < -0.39 is 28.5 Å². The van der Waals surface area contributed by atoms with Crippen molar-refractivity contribution < 1.29 is 22.7 Å². The fourth-order valence-corrected chi connectivity index (χ4v) is 4.43. The Kier molecular flexibility index (Phi) is 8.65. The lowest BCUT2D eigenvalue weighted by Gasteiger charge is -2.24. The average molecular weight is 465 g/mol. The predicted octanol–water partition coefficient (Wildman–Crippen LogP) is 3.79. The van der Waals surface area contributed by atoms with Crippen LogP contribution in [0.3, 0.4) is 0 Å². The number of rotatable bonds is 10. The summed E-state index contributed by atoms with van der Waals surface area (Å²) in [6.07, 6.45) is 2.18. The highest BCUT2D eigenvalue weighted by Crippen LogP contribution is 2.30. The van der Waals surface area contributed by atoms with Crippen LogP contribution in [0.25, 0.3) is 0 Å². The number of amides is 1. The van der Waals surface area contributed by atoms with Gasteiger partial charge in [-0.2, -0.15) is 0 Å². The van der Waals surface area contributed by atoms with E-state index in [0.717, 1.165) is 10.7 Å². The standard InChI is InChI=1S/C22H25ClN2O5S/c1-4-13-25(20-12-7-6-11-19(20)23)31(28,29)18-10-8-9-17(14-18)22(27)30-15-21(26)24-16(3)5-2/h4,6-12,14,16H,1,5,13,15H2,2-3H3,(H,24,26). The number of anilines is 1. The zero-order chi connectivity index (χ0) is 23.0. The zero-order valence-corrected chi connectivity index (χ0v) is 18.9. The number of nitrogens with zero attached hydrogens (tertiary/aromatic N) is 1. The summed E-state index contributed by atoms with van der Waals surface area (Å²) in [5.41, 5.74) is 0.300. The van der Waals surface area contributed by atoms with Gasteiger partial charge in [-0.25, -0.2) is 13.2 Å². The van der Waals surface area contributed by atoms with Crippen molar-refractivity contribution in [1.82, 2.24) is 5.32 Å². The van der Waals surface area contributed by atoms with Crippen molar-refractivity contribution in [2.24, 2.45) is 0 Å². The monoisotopic (exact) mass is 464 g/mol. The van der Waals surface area contributed by atoms with E-state index in [9.17, 15) is 18.0 Å². The van der Waals surface area contributed by atoms with Gasteiger partial charge in [0.2, 0.25) is 0 Å². The number of nitrogens with one attached hydrogen (secondary N) is 1. The first-order chi connectivity index (χ1) is 14.7. The molecule has 31 heavy (non-hydrogen) atoms. The van der Waals surface area contributed by atoms with Gasteiger partial charge >= 0.3 is 5.97 Å². The van der Waals surface area contributed by atoms with Crippen LogP contribution in [0.1, 0.15) is 30.6 Å². The molecule has 2 rings (SSSR count). The normalized spacial score (nSPS) is 12.0. The summed E-state index contributed by atoms with van der Waals surface area (Å²) in [7, 11) is -4.05. The topological polar surface area (TPSA) is 92.8 Å². The van der Waals surface area contributed by atoms with Crippen molar-refractivity contribution in [2.45, 2.75) is 31.2 Å². The molecule has 0 saturated carbocycles. The van der Waals surface area contributed by atoms with Gasteiger partial charge in [-0.15, -0.1) is 6.58 Å². The molecule has 7 nitrogen and oxygen atoms in total. The number of carbonyl (C=O) groups excluding carboxylic acids is 2. The van der Waals surface area contributed by atoms with Crippen LogP contribution >= 0.6 is 11.6 Å². The van der Waals surface area contributed by atoms with E-state index in [1.165, 1.54) is 30.3 Å². The van der Waals surface area contributed by atoms with Gasteiger partial charge in [0.05, 0.1) is 27.7 Å². The molecule has 9 heteroatoms. The number of hydrogen-bond donors (Lipinski definition) is 1. The number of sulfonamides is 1. The number of para-hydroxylation sites is 1. The van der Waals surface area contributed by atoms with Crippen LogP contribution in [0.5, 0.6) is 0 Å². The molecule has 1 amide bonds. The molecule has 0 aliphatic carbocycles. The van der Waals surface area contributed by atoms with Crippen LogP contribution in [-0.2, 0) is 19.6 Å². The third-order valence-corrected chi connectivity index (χ3v) is 6.52. The molecule has 1 atom stereocenters. The van der Waals surface area contributed by atoms with Gasteiger partial charge in [0.15, 0.2) is 6.61 Å². The Hall–Kier alpha value is -2.84. The van der Waals surface area contributed by atoms with Gasteiger partial charge in [0.25, 0.3) is 15.9 Å². The summed E-state index contributed by atoms with van der Waals surface area (Å²) in [5, 5.41) is 2.94. The third kappa shape index (κ3) is 6.32. The Morgan fingerprint density at radius 1 is 1.23 bits per heavy atom. The van der Waals surface area contributed by atoms with Gasteiger partial charge in [-0.05, 0) is 43.7 Å². The molecule has 0 saturated heterocycles. The Bertz CT molecular complexity index is 1060. The number of hydrogen-bond acceptors (Lipinski definition) is 5. The minimum atomic E-state index is -4.05. The third-order valence-electron chi connectivity index (χ3n) is 4.43. The first-order valence-corrected chi connectivity index (χ1v) is 11.5. The Balaban J connectivity index is 2.26. The number of benzene rings is 2. The first-order valence-electron chi connectivity index (χ1n) is 9.65. The molecular formula is C22H25ClN2O5S. The van der Waals surface area contributed by atoms with E-state index in [0.29, 0.717) is 5.69 Å². The fraction of sp³-hybridized carbons (Fsp3) is 0.273. The lowest BCUT2D eigenvalue weighted by Crippen LogP contribution is -2.35. The fourth-order valence-electron chi connectivity index (χ4n) is 2.64. The second-order valence-electron chi connectivity index (χ2n) is 6.76. The molecule has 1 N–H and O–H groups in total. The number of carbonyl (C=O) groups is 2. The SMILES string of the molecule is C=CCN(c1ccccc1Cl)S(=O)(=O)c1cccc(C(=O)OCC(=O)NC(C)CC)c1. The van der Waals surface area contributed by atoms with E-state index in [4.69, 9.17) is 16.3 Å². The maximum absolute atomic E-state index is 13.3. The van der Waals surface area contributed by atoms with Crippen LogP contribution in [0, 0.1) is 0 Å². The molecule has 0 bridgehead atoms. The van der Waals surface area contributed by atoms with E-state index in [1.54, 1.807) is 24.3 Å². The van der Waals surface area contributed by atoms with Crippen molar-refractivity contribution in [3.63, 3.8) is 0 Å². The molecular weight excluding hydrogens is 440 g/mol. The molecule has 0 spiro atoms. The van der Waals surface area contributed by atoms with Crippen LogP contribution in [0.4, 0.5) is 5.69 Å². The lowest BCUT2D eigenvalue weighted by molar-refractivity contribution is -0.124. The van der Waals surface area contributed by atoms with Crippen molar-refractivity contribution in [2.75, 3.05) is 17.5 Å². The van der Waals surface area contributed by atoms with Crippen molar-refractivity contribution in [1.29, 1.82) is 0 Å². The van der Waals surface area contributed by atoms with Crippen molar-refractivity contribution in [3.8, 4) is 0 Å². The molecule has 0 heterocycles. The molecule has 0 aliphatic heterocycles. The Morgan fingerprint density at radius 3 is 2.58 bits per heavy atom. The van der Waals surface area contributed by atoms with E-state index >= 15 is 0 Å². The van der Waals surface area contributed by atoms with E-state index in [2.05, 4.69) is 11.9 Å². The van der Waals surface area contributed by atoms with Crippen LogP contribution in [-0.4, -0.2) is 39.5 Å². The molecule has 2 aromatic rings. The summed E-state index contributed by atoms with van der Waals surface area (Å²) < 4.78 is 32.7. The van der Waals surface area contributed by atoms with Gasteiger partial charge in [0.1, 0.15) is 0 Å². The molecule has 166 valence electrons. The summed E-state index contributed by atoms with van der Waals surface area (Å²) >= 11 is 6.19. The number of esters is 1. The van der Waals surface area contributed by atoms with Gasteiger partial charge in [-0.3, -0.25) is 9.10 Å². The minimum Gasteiger partial charge on any atom is -0.452 e. The second kappa shape index (κ2) is 11.0. The molecule has 1 unspecified atom stereocenters. The maximum atomic E-state index is 13.3. The van der Waals surface area contributed by atoms with Crippen molar-refractivity contribution in [3.05, 3.63) is 71.8 Å². The van der Waals surface area contributed by atoms with Crippen LogP contribution in [0.2, 0.25) is 5.02 Å². The van der Waals surface area contributed by atoms with Crippen LogP contribution < -0.4 is 9.62 Å². The quantitative estimate of drug-likeness (QED) is 0.426. The minimum absolute atomic E-state index is 0.00938. The second-order valence-corrected chi connectivity index (χ2v) is 9.03. The molecule has 0 fully saturated rings. The molecule has 2 aromatic carbocycles. The first kappa shape index (κ1) is 24.4. The smallest absolute Gasteiger partial charge is 0.338 e. The average Bonchev–Trinajstić information content (AvgIpc) is 2.76. The van der Waals surface area contributed by atoms with Crippen LogP contribution in [0.15, 0.2) is 66.1 Å². The molecule has 0 radical (unpaired) electrons. The largest absolute Gasteiger partial charge is 0.452 e. The van der Waals surface area contributed by atoms with E-state index in [1.807, 2.05) is 13.8 Å². The zero-order valence-electron chi connectivity index (χ0n) is 17.4. The van der Waals surface area contributed by atoms with Gasteiger partial charge in [0, 0.05) is 6.04 Å². The number of ether oxygens (including phenoxy) is 1. The summed E-state index contributed by atoms with van der Waals surface area (Å²) in [6.45, 7) is 6.89. The van der Waals surface area contributed by atoms with E-state index in [-0.39, 0.29) is 28.1 Å². The maximum Gasteiger partial charge on any atom is 0.338 e. The summed E-state index contributed by atoms with van der Waals surface area (Å²) in [6, 6.07) is 11.9. The molecule has 0 aromatic heterocycles. The Morgan fingerprint density at radius 2 is 1.94 bits per heavy atom. The lowest BCUT2D eigenvalue weighted by atomic mass is 10.2. The van der Waals surface area contributed by atoms with Crippen molar-refractivity contribution >= 4 is 39.2 Å². The highest BCUT2D eigenvalue weighted by Gasteiger charge is 2.26. The summed E-state index contributed by atoms with van der Waals surface area (Å²) in [5.74, 6) is -1.23. The molecule has 0 aliphatic rings.